The summed E-state index contributed by atoms with van der Waals surface area (Å²) < 4.78 is 19.2. The van der Waals surface area contributed by atoms with Crippen molar-refractivity contribution in [3.63, 3.8) is 0 Å². The summed E-state index contributed by atoms with van der Waals surface area (Å²) in [5, 5.41) is 11.6. The second-order valence-electron chi connectivity index (χ2n) is 5.70. The molecule has 0 radical (unpaired) electrons. The van der Waals surface area contributed by atoms with E-state index in [1.807, 2.05) is 6.92 Å². The molecule has 25 heavy (non-hydrogen) atoms. The number of rotatable bonds is 9. The molecule has 0 aliphatic heterocycles. The Morgan fingerprint density at radius 3 is 2.80 bits per heavy atom. The van der Waals surface area contributed by atoms with Crippen LogP contribution in [-0.4, -0.2) is 28.0 Å². The zero-order valence-corrected chi connectivity index (χ0v) is 14.0. The molecule has 1 heterocycles. The number of carboxylic acids is 1. The fraction of sp³-hybridized carbons (Fsp3) is 0.389. The summed E-state index contributed by atoms with van der Waals surface area (Å²) in [5.74, 6) is -1.24. The van der Waals surface area contributed by atoms with Gasteiger partial charge in [-0.15, -0.1) is 0 Å². The molecule has 2 rings (SSSR count). The maximum absolute atomic E-state index is 13.7. The van der Waals surface area contributed by atoms with Gasteiger partial charge in [0.05, 0.1) is 11.8 Å². The molecule has 2 aromatic rings. The number of amides is 1. The van der Waals surface area contributed by atoms with E-state index in [0.29, 0.717) is 23.6 Å². The van der Waals surface area contributed by atoms with Gasteiger partial charge in [-0.1, -0.05) is 31.9 Å². The number of hydrogen-bond donors (Lipinski definition) is 2. The summed E-state index contributed by atoms with van der Waals surface area (Å²) in [5.41, 5.74) is 0.302. The van der Waals surface area contributed by atoms with Crippen LogP contribution in [0.5, 0.6) is 0 Å². The van der Waals surface area contributed by atoms with E-state index in [-0.39, 0.29) is 18.7 Å². The number of hydrogen-bond acceptors (Lipinski definition) is 4. The molecule has 0 spiro atoms. The molecular weight excluding hydrogens is 327 g/mol. The number of carboxylic acid groups (broad SMARTS) is 1. The van der Waals surface area contributed by atoms with Crippen LogP contribution in [0.15, 0.2) is 34.9 Å². The Morgan fingerprint density at radius 2 is 2.12 bits per heavy atom. The van der Waals surface area contributed by atoms with E-state index in [0.717, 1.165) is 12.8 Å². The average Bonchev–Trinajstić information content (AvgIpc) is 3.05. The van der Waals surface area contributed by atoms with Crippen molar-refractivity contribution in [1.29, 1.82) is 0 Å². The van der Waals surface area contributed by atoms with Crippen molar-refractivity contribution in [3.8, 4) is 11.3 Å². The van der Waals surface area contributed by atoms with E-state index in [9.17, 15) is 14.0 Å². The third-order valence-electron chi connectivity index (χ3n) is 3.74. The first-order valence-corrected chi connectivity index (χ1v) is 8.23. The summed E-state index contributed by atoms with van der Waals surface area (Å²) in [4.78, 5) is 27.1. The van der Waals surface area contributed by atoms with Crippen LogP contribution < -0.4 is 5.32 Å². The minimum Gasteiger partial charge on any atom is -0.480 e. The van der Waals surface area contributed by atoms with Gasteiger partial charge in [0, 0.05) is 12.8 Å². The summed E-state index contributed by atoms with van der Waals surface area (Å²) in [6.07, 6.45) is 3.65. The Bertz CT molecular complexity index is 729. The number of oxazole rings is 1. The Balaban J connectivity index is 1.90. The molecule has 1 aromatic carbocycles. The third kappa shape index (κ3) is 5.41. The van der Waals surface area contributed by atoms with Crippen molar-refractivity contribution in [2.24, 2.45) is 0 Å². The highest BCUT2D eigenvalue weighted by Crippen LogP contribution is 2.23. The number of halogens is 1. The van der Waals surface area contributed by atoms with E-state index in [2.05, 4.69) is 10.3 Å². The van der Waals surface area contributed by atoms with Crippen LogP contribution >= 0.6 is 0 Å². The van der Waals surface area contributed by atoms with E-state index in [1.54, 1.807) is 18.2 Å². The van der Waals surface area contributed by atoms with Gasteiger partial charge < -0.3 is 14.8 Å². The number of aliphatic carboxylic acids is 1. The highest BCUT2D eigenvalue weighted by Gasteiger charge is 2.19. The lowest BCUT2D eigenvalue weighted by molar-refractivity contribution is -0.142. The van der Waals surface area contributed by atoms with Crippen LogP contribution in [0.1, 0.15) is 38.5 Å². The first-order valence-electron chi connectivity index (χ1n) is 8.23. The van der Waals surface area contributed by atoms with Gasteiger partial charge in [-0.05, 0) is 18.6 Å². The number of nitrogens with one attached hydrogen (secondary N) is 1. The number of nitrogens with zero attached hydrogens (tertiary/aromatic N) is 1. The van der Waals surface area contributed by atoms with Crippen molar-refractivity contribution in [3.05, 3.63) is 42.2 Å². The standard InChI is InChI=1S/C18H21FN2O4/c1-2-3-8-14(18(23)24)21-16(22)9-10-17-20-11-15(25-17)12-6-4-5-7-13(12)19/h4-7,11,14H,2-3,8-10H2,1H3,(H,21,22)(H,23,24). The number of aromatic nitrogens is 1. The molecule has 1 atom stereocenters. The largest absolute Gasteiger partial charge is 0.480 e. The minimum absolute atomic E-state index is 0.0487. The van der Waals surface area contributed by atoms with E-state index in [1.165, 1.54) is 12.3 Å². The van der Waals surface area contributed by atoms with E-state index < -0.39 is 17.8 Å². The van der Waals surface area contributed by atoms with Gasteiger partial charge in [0.2, 0.25) is 5.91 Å². The molecule has 0 aliphatic rings. The van der Waals surface area contributed by atoms with Crippen LogP contribution in [0.2, 0.25) is 0 Å². The van der Waals surface area contributed by atoms with Gasteiger partial charge in [0.25, 0.3) is 0 Å². The SMILES string of the molecule is CCCCC(NC(=O)CCc1ncc(-c2ccccc2F)o1)C(=O)O. The van der Waals surface area contributed by atoms with Crippen molar-refractivity contribution in [1.82, 2.24) is 10.3 Å². The molecule has 0 saturated carbocycles. The number of aryl methyl sites for hydroxylation is 1. The van der Waals surface area contributed by atoms with Crippen molar-refractivity contribution < 1.29 is 23.5 Å². The first kappa shape index (κ1) is 18.6. The van der Waals surface area contributed by atoms with Crippen molar-refractivity contribution in [2.75, 3.05) is 0 Å². The Morgan fingerprint density at radius 1 is 1.36 bits per heavy atom. The van der Waals surface area contributed by atoms with Gasteiger partial charge >= 0.3 is 5.97 Å². The van der Waals surface area contributed by atoms with Crippen LogP contribution in [0.3, 0.4) is 0 Å². The highest BCUT2D eigenvalue weighted by molar-refractivity contribution is 5.83. The fourth-order valence-corrected chi connectivity index (χ4v) is 2.36. The summed E-state index contributed by atoms with van der Waals surface area (Å²) in [6.45, 7) is 1.95. The third-order valence-corrected chi connectivity index (χ3v) is 3.74. The molecule has 1 aromatic heterocycles. The molecule has 134 valence electrons. The summed E-state index contributed by atoms with van der Waals surface area (Å²) in [7, 11) is 0. The molecule has 0 saturated heterocycles. The van der Waals surface area contributed by atoms with Gasteiger partial charge in [0.1, 0.15) is 11.9 Å². The normalized spacial score (nSPS) is 11.9. The van der Waals surface area contributed by atoms with Crippen LogP contribution in [0.4, 0.5) is 4.39 Å². The molecule has 2 N–H and O–H groups in total. The predicted octanol–water partition coefficient (Wildman–Crippen LogP) is 3.17. The van der Waals surface area contributed by atoms with Gasteiger partial charge in [0.15, 0.2) is 11.7 Å². The zero-order valence-electron chi connectivity index (χ0n) is 14.0. The minimum atomic E-state index is -1.04. The molecule has 7 heteroatoms. The molecule has 0 bridgehead atoms. The van der Waals surface area contributed by atoms with Crippen LogP contribution in [0, 0.1) is 5.82 Å². The topological polar surface area (TPSA) is 92.4 Å². The number of carbonyl (C=O) groups excluding carboxylic acids is 1. The molecule has 6 nitrogen and oxygen atoms in total. The molecule has 0 fully saturated rings. The first-order chi connectivity index (χ1) is 12.0. The molecule has 0 aliphatic carbocycles. The Kier molecular flexibility index (Phi) is 6.68. The number of unbranched alkanes of at least 4 members (excludes halogenated alkanes) is 1. The highest BCUT2D eigenvalue weighted by atomic mass is 19.1. The maximum Gasteiger partial charge on any atom is 0.326 e. The Hall–Kier alpha value is -2.70. The van der Waals surface area contributed by atoms with Crippen LogP contribution in [0.25, 0.3) is 11.3 Å². The van der Waals surface area contributed by atoms with Crippen LogP contribution in [-0.2, 0) is 16.0 Å². The monoisotopic (exact) mass is 348 g/mol. The quantitative estimate of drug-likeness (QED) is 0.726. The predicted molar refractivity (Wildman–Crippen MR) is 89.3 cm³/mol. The fourth-order valence-electron chi connectivity index (χ4n) is 2.36. The maximum atomic E-state index is 13.7. The molecule has 1 amide bonds. The molecule has 1 unspecified atom stereocenters. The Labute approximate surface area is 145 Å². The number of benzene rings is 1. The van der Waals surface area contributed by atoms with Crippen molar-refractivity contribution in [2.45, 2.75) is 45.1 Å². The average molecular weight is 348 g/mol. The lowest BCUT2D eigenvalue weighted by Crippen LogP contribution is -2.40. The second kappa shape index (κ2) is 8.96. The van der Waals surface area contributed by atoms with E-state index >= 15 is 0 Å². The zero-order chi connectivity index (χ0) is 18.2. The lowest BCUT2D eigenvalue weighted by atomic mass is 10.1. The van der Waals surface area contributed by atoms with Gasteiger partial charge in [-0.25, -0.2) is 14.2 Å². The second-order valence-corrected chi connectivity index (χ2v) is 5.70. The van der Waals surface area contributed by atoms with E-state index in [4.69, 9.17) is 9.52 Å². The summed E-state index contributed by atoms with van der Waals surface area (Å²) in [6, 6.07) is 5.30. The van der Waals surface area contributed by atoms with Crippen molar-refractivity contribution >= 4 is 11.9 Å². The smallest absolute Gasteiger partial charge is 0.326 e. The van der Waals surface area contributed by atoms with Gasteiger partial charge in [-0.3, -0.25) is 4.79 Å². The summed E-state index contributed by atoms with van der Waals surface area (Å²) >= 11 is 0. The molecular formula is C18H21FN2O4. The lowest BCUT2D eigenvalue weighted by Gasteiger charge is -2.13. The number of carbonyl (C=O) groups is 2. The van der Waals surface area contributed by atoms with Gasteiger partial charge in [-0.2, -0.15) is 0 Å².